The SMILES string of the molecule is Br.CC(C)(N)CC(c1ccccc1)c1ccccc1. The quantitative estimate of drug-likeness (QED) is 0.880. The van der Waals surface area contributed by atoms with Crippen molar-refractivity contribution in [2.24, 2.45) is 5.73 Å². The fourth-order valence-electron chi connectivity index (χ4n) is 2.32. The second-order valence-corrected chi connectivity index (χ2v) is 5.57. The summed E-state index contributed by atoms with van der Waals surface area (Å²) in [7, 11) is 0. The van der Waals surface area contributed by atoms with E-state index in [1.165, 1.54) is 11.1 Å². The molecule has 0 amide bonds. The molecular weight excluding hydrogens is 298 g/mol. The molecule has 0 saturated heterocycles. The van der Waals surface area contributed by atoms with Gasteiger partial charge in [0.2, 0.25) is 0 Å². The Morgan fingerprint density at radius 3 is 1.53 bits per heavy atom. The summed E-state index contributed by atoms with van der Waals surface area (Å²) in [6.07, 6.45) is 0.945. The number of nitrogens with two attached hydrogens (primary N) is 1. The van der Waals surface area contributed by atoms with Crippen LogP contribution in [0.1, 0.15) is 37.3 Å². The number of hydrogen-bond donors (Lipinski definition) is 1. The molecule has 0 aliphatic carbocycles. The molecular formula is C17H22BrN. The van der Waals surface area contributed by atoms with Crippen LogP contribution < -0.4 is 5.73 Å². The molecule has 0 aromatic heterocycles. The van der Waals surface area contributed by atoms with Gasteiger partial charge >= 0.3 is 0 Å². The van der Waals surface area contributed by atoms with Gasteiger partial charge in [-0.25, -0.2) is 0 Å². The third kappa shape index (κ3) is 4.81. The second kappa shape index (κ2) is 6.88. The van der Waals surface area contributed by atoms with E-state index < -0.39 is 0 Å². The molecule has 2 aromatic carbocycles. The molecule has 0 fully saturated rings. The Bertz CT molecular complexity index is 434. The summed E-state index contributed by atoms with van der Waals surface area (Å²) >= 11 is 0. The minimum Gasteiger partial charge on any atom is -0.326 e. The van der Waals surface area contributed by atoms with Crippen LogP contribution in [0.15, 0.2) is 60.7 Å². The number of hydrogen-bond acceptors (Lipinski definition) is 1. The van der Waals surface area contributed by atoms with Crippen molar-refractivity contribution in [3.63, 3.8) is 0 Å². The predicted octanol–water partition coefficient (Wildman–Crippen LogP) is 4.52. The lowest BCUT2D eigenvalue weighted by molar-refractivity contribution is 0.449. The minimum atomic E-state index is -0.170. The van der Waals surface area contributed by atoms with Gasteiger partial charge in [0.25, 0.3) is 0 Å². The minimum absolute atomic E-state index is 0. The smallest absolute Gasteiger partial charge is 0.0107 e. The first-order valence-electron chi connectivity index (χ1n) is 6.45. The normalized spacial score (nSPS) is 11.2. The molecule has 0 aliphatic heterocycles. The second-order valence-electron chi connectivity index (χ2n) is 5.57. The van der Waals surface area contributed by atoms with E-state index in [0.29, 0.717) is 5.92 Å². The number of halogens is 1. The molecule has 0 aliphatic rings. The highest BCUT2D eigenvalue weighted by Gasteiger charge is 2.21. The molecule has 0 heterocycles. The Balaban J connectivity index is 0.00000180. The van der Waals surface area contributed by atoms with E-state index in [4.69, 9.17) is 5.73 Å². The summed E-state index contributed by atoms with van der Waals surface area (Å²) in [5.74, 6) is 0.368. The largest absolute Gasteiger partial charge is 0.326 e. The van der Waals surface area contributed by atoms with Crippen molar-refractivity contribution in [2.45, 2.75) is 31.7 Å². The molecule has 0 bridgehead atoms. The van der Waals surface area contributed by atoms with Crippen LogP contribution in [0.25, 0.3) is 0 Å². The highest BCUT2D eigenvalue weighted by molar-refractivity contribution is 8.93. The highest BCUT2D eigenvalue weighted by atomic mass is 79.9. The van der Waals surface area contributed by atoms with Crippen molar-refractivity contribution in [1.82, 2.24) is 0 Å². The molecule has 2 aromatic rings. The predicted molar refractivity (Wildman–Crippen MR) is 87.9 cm³/mol. The molecule has 1 nitrogen and oxygen atoms in total. The van der Waals surface area contributed by atoms with Crippen LogP contribution in [-0.4, -0.2) is 5.54 Å². The fraction of sp³-hybridized carbons (Fsp3) is 0.294. The summed E-state index contributed by atoms with van der Waals surface area (Å²) in [4.78, 5) is 0. The van der Waals surface area contributed by atoms with Crippen molar-refractivity contribution in [2.75, 3.05) is 0 Å². The molecule has 0 unspecified atom stereocenters. The zero-order chi connectivity index (χ0) is 13.0. The van der Waals surface area contributed by atoms with Crippen LogP contribution in [0, 0.1) is 0 Å². The van der Waals surface area contributed by atoms with Crippen LogP contribution in [0.3, 0.4) is 0 Å². The maximum atomic E-state index is 6.21. The van der Waals surface area contributed by atoms with Crippen molar-refractivity contribution >= 4 is 17.0 Å². The third-order valence-corrected chi connectivity index (χ3v) is 3.13. The summed E-state index contributed by atoms with van der Waals surface area (Å²) in [6.45, 7) is 4.18. The molecule has 0 spiro atoms. The Morgan fingerprint density at radius 2 is 1.21 bits per heavy atom. The van der Waals surface area contributed by atoms with Gasteiger partial charge in [-0.05, 0) is 31.4 Å². The van der Waals surface area contributed by atoms with E-state index in [9.17, 15) is 0 Å². The lowest BCUT2D eigenvalue weighted by atomic mass is 9.82. The first-order valence-corrected chi connectivity index (χ1v) is 6.45. The third-order valence-electron chi connectivity index (χ3n) is 3.13. The highest BCUT2D eigenvalue weighted by Crippen LogP contribution is 2.31. The van der Waals surface area contributed by atoms with Gasteiger partial charge in [0.05, 0.1) is 0 Å². The monoisotopic (exact) mass is 319 g/mol. The summed E-state index contributed by atoms with van der Waals surface area (Å²) in [5.41, 5.74) is 8.71. The summed E-state index contributed by atoms with van der Waals surface area (Å²) < 4.78 is 0. The van der Waals surface area contributed by atoms with Gasteiger partial charge in [0, 0.05) is 11.5 Å². The van der Waals surface area contributed by atoms with Crippen LogP contribution in [-0.2, 0) is 0 Å². The molecule has 19 heavy (non-hydrogen) atoms. The molecule has 0 atom stereocenters. The molecule has 2 rings (SSSR count). The zero-order valence-corrected chi connectivity index (χ0v) is 13.3. The van der Waals surface area contributed by atoms with Gasteiger partial charge in [-0.1, -0.05) is 60.7 Å². The Labute approximate surface area is 126 Å². The van der Waals surface area contributed by atoms with Gasteiger partial charge in [0.15, 0.2) is 0 Å². The van der Waals surface area contributed by atoms with E-state index in [1.54, 1.807) is 0 Å². The lowest BCUT2D eigenvalue weighted by Gasteiger charge is -2.26. The van der Waals surface area contributed by atoms with E-state index in [2.05, 4.69) is 74.5 Å². The summed E-state index contributed by atoms with van der Waals surface area (Å²) in [5, 5.41) is 0. The van der Waals surface area contributed by atoms with Crippen LogP contribution in [0.4, 0.5) is 0 Å². The van der Waals surface area contributed by atoms with Gasteiger partial charge in [-0.2, -0.15) is 0 Å². The first-order chi connectivity index (χ1) is 8.56. The van der Waals surface area contributed by atoms with Crippen LogP contribution in [0.2, 0.25) is 0 Å². The Morgan fingerprint density at radius 1 is 0.842 bits per heavy atom. The number of rotatable bonds is 4. The van der Waals surface area contributed by atoms with Crippen molar-refractivity contribution in [3.8, 4) is 0 Å². The van der Waals surface area contributed by atoms with E-state index in [0.717, 1.165) is 6.42 Å². The molecule has 0 saturated carbocycles. The molecule has 0 radical (unpaired) electrons. The Kier molecular flexibility index (Phi) is 5.77. The van der Waals surface area contributed by atoms with Gasteiger partial charge in [-0.15, -0.1) is 17.0 Å². The average molecular weight is 320 g/mol. The first kappa shape index (κ1) is 15.9. The average Bonchev–Trinajstić information content (AvgIpc) is 2.37. The van der Waals surface area contributed by atoms with Gasteiger partial charge < -0.3 is 5.73 Å². The van der Waals surface area contributed by atoms with Crippen molar-refractivity contribution in [3.05, 3.63) is 71.8 Å². The van der Waals surface area contributed by atoms with Crippen LogP contribution >= 0.6 is 17.0 Å². The van der Waals surface area contributed by atoms with E-state index in [-0.39, 0.29) is 22.5 Å². The van der Waals surface area contributed by atoms with Crippen molar-refractivity contribution in [1.29, 1.82) is 0 Å². The van der Waals surface area contributed by atoms with Crippen molar-refractivity contribution < 1.29 is 0 Å². The van der Waals surface area contributed by atoms with Gasteiger partial charge in [-0.3, -0.25) is 0 Å². The molecule has 102 valence electrons. The van der Waals surface area contributed by atoms with E-state index in [1.807, 2.05) is 0 Å². The summed E-state index contributed by atoms with van der Waals surface area (Å²) in [6, 6.07) is 21.2. The fourth-order valence-corrected chi connectivity index (χ4v) is 2.32. The standard InChI is InChI=1S/C17H21N.BrH/c1-17(2,18)13-16(14-9-5-3-6-10-14)15-11-7-4-8-12-15;/h3-12,16H,13,18H2,1-2H3;1H. The maximum Gasteiger partial charge on any atom is 0.0107 e. The topological polar surface area (TPSA) is 26.0 Å². The molecule has 2 N–H and O–H groups in total. The molecule has 2 heteroatoms. The van der Waals surface area contributed by atoms with E-state index >= 15 is 0 Å². The lowest BCUT2D eigenvalue weighted by Crippen LogP contribution is -2.34. The zero-order valence-electron chi connectivity index (χ0n) is 11.5. The van der Waals surface area contributed by atoms with Crippen LogP contribution in [0.5, 0.6) is 0 Å². The maximum absolute atomic E-state index is 6.21. The number of benzene rings is 2. The Hall–Kier alpha value is -1.12. The van der Waals surface area contributed by atoms with Gasteiger partial charge in [0.1, 0.15) is 0 Å².